The van der Waals surface area contributed by atoms with Crippen LogP contribution in [0.2, 0.25) is 0 Å². The zero-order chi connectivity index (χ0) is 19.0. The molecule has 4 nitrogen and oxygen atoms in total. The van der Waals surface area contributed by atoms with Crippen LogP contribution in [0.15, 0.2) is 60.7 Å². The maximum atomic E-state index is 6.16. The van der Waals surface area contributed by atoms with Crippen LogP contribution in [0.4, 0.5) is 0 Å². The molecule has 2 unspecified atom stereocenters. The molecular weight excluding hydrogens is 348 g/mol. The Labute approximate surface area is 169 Å². The third-order valence-electron chi connectivity index (χ3n) is 5.85. The normalized spacial score (nSPS) is 24.3. The largest absolute Gasteiger partial charge is 0.371 e. The van der Waals surface area contributed by atoms with E-state index in [-0.39, 0.29) is 12.3 Å². The molecule has 0 aliphatic carbocycles. The lowest BCUT2D eigenvalue weighted by atomic mass is 10.1. The fourth-order valence-corrected chi connectivity index (χ4v) is 4.17. The molecule has 2 aliphatic heterocycles. The summed E-state index contributed by atoms with van der Waals surface area (Å²) < 4.78 is 12.3. The predicted octanol–water partition coefficient (Wildman–Crippen LogP) is 3.22. The molecule has 0 amide bonds. The maximum absolute atomic E-state index is 6.16. The van der Waals surface area contributed by atoms with Crippen LogP contribution in [0, 0.1) is 0 Å². The summed E-state index contributed by atoms with van der Waals surface area (Å²) in [4.78, 5) is 5.04. The predicted molar refractivity (Wildman–Crippen MR) is 112 cm³/mol. The molecule has 4 heteroatoms. The molecule has 0 saturated carbocycles. The molecule has 0 radical (unpaired) electrons. The van der Waals surface area contributed by atoms with Gasteiger partial charge in [0, 0.05) is 32.6 Å². The Bertz CT molecular complexity index is 678. The Morgan fingerprint density at radius 1 is 0.750 bits per heavy atom. The molecule has 150 valence electrons. The second kappa shape index (κ2) is 10.2. The summed E-state index contributed by atoms with van der Waals surface area (Å²) in [6.07, 6.45) is 3.64. The first kappa shape index (κ1) is 19.6. The lowest BCUT2D eigenvalue weighted by Crippen LogP contribution is -2.55. The van der Waals surface area contributed by atoms with Crippen LogP contribution in [0.5, 0.6) is 0 Å². The molecule has 2 aromatic carbocycles. The molecular formula is C24H32N2O2. The molecule has 2 atom stereocenters. The highest BCUT2D eigenvalue weighted by atomic mass is 16.6. The fraction of sp³-hybridized carbons (Fsp3) is 0.500. The van der Waals surface area contributed by atoms with Crippen molar-refractivity contribution in [1.29, 1.82) is 0 Å². The van der Waals surface area contributed by atoms with Gasteiger partial charge in [-0.1, -0.05) is 60.7 Å². The Morgan fingerprint density at radius 2 is 1.43 bits per heavy atom. The van der Waals surface area contributed by atoms with E-state index in [4.69, 9.17) is 9.47 Å². The van der Waals surface area contributed by atoms with Gasteiger partial charge in [0.2, 0.25) is 0 Å². The van der Waals surface area contributed by atoms with Gasteiger partial charge in [0.05, 0.1) is 19.3 Å². The van der Waals surface area contributed by atoms with Crippen LogP contribution in [-0.4, -0.2) is 68.1 Å². The molecule has 0 spiro atoms. The summed E-state index contributed by atoms with van der Waals surface area (Å²) in [6.45, 7) is 6.96. The second-order valence-corrected chi connectivity index (χ2v) is 7.90. The van der Waals surface area contributed by atoms with Crippen molar-refractivity contribution in [3.8, 4) is 0 Å². The van der Waals surface area contributed by atoms with Crippen molar-refractivity contribution in [3.05, 3.63) is 71.8 Å². The fourth-order valence-electron chi connectivity index (χ4n) is 4.17. The lowest BCUT2D eigenvalue weighted by molar-refractivity contribution is -0.189. The van der Waals surface area contributed by atoms with Crippen LogP contribution >= 0.6 is 0 Å². The molecule has 0 bridgehead atoms. The molecule has 2 fully saturated rings. The van der Waals surface area contributed by atoms with Crippen LogP contribution in [0.3, 0.4) is 0 Å². The molecule has 4 rings (SSSR count). The van der Waals surface area contributed by atoms with Gasteiger partial charge < -0.3 is 14.4 Å². The Kier molecular flexibility index (Phi) is 7.12. The van der Waals surface area contributed by atoms with Gasteiger partial charge in [-0.3, -0.25) is 4.90 Å². The van der Waals surface area contributed by atoms with Crippen molar-refractivity contribution in [3.63, 3.8) is 0 Å². The summed E-state index contributed by atoms with van der Waals surface area (Å²) in [5, 5.41) is 0. The highest BCUT2D eigenvalue weighted by Gasteiger charge is 2.29. The van der Waals surface area contributed by atoms with Gasteiger partial charge in [0.15, 0.2) is 0 Å². The van der Waals surface area contributed by atoms with Gasteiger partial charge in [0.25, 0.3) is 0 Å². The zero-order valence-corrected chi connectivity index (χ0v) is 16.7. The highest BCUT2D eigenvalue weighted by molar-refractivity contribution is 5.16. The first-order valence-corrected chi connectivity index (χ1v) is 10.6. The minimum absolute atomic E-state index is 0.124. The van der Waals surface area contributed by atoms with Gasteiger partial charge >= 0.3 is 0 Å². The van der Waals surface area contributed by atoms with Crippen molar-refractivity contribution in [2.45, 2.75) is 31.6 Å². The van der Waals surface area contributed by atoms with Gasteiger partial charge in [-0.2, -0.15) is 0 Å². The Morgan fingerprint density at radius 3 is 2.07 bits per heavy atom. The molecule has 2 heterocycles. The van der Waals surface area contributed by atoms with Crippen LogP contribution in [0.1, 0.15) is 17.5 Å². The van der Waals surface area contributed by atoms with E-state index < -0.39 is 0 Å². The number of nitrogens with zero attached hydrogens (tertiary/aromatic N) is 2. The van der Waals surface area contributed by atoms with E-state index in [1.54, 1.807) is 0 Å². The van der Waals surface area contributed by atoms with E-state index in [9.17, 15) is 0 Å². The molecule has 0 aromatic heterocycles. The number of hydrogen-bond acceptors (Lipinski definition) is 4. The highest BCUT2D eigenvalue weighted by Crippen LogP contribution is 2.17. The first-order valence-electron chi connectivity index (χ1n) is 10.6. The van der Waals surface area contributed by atoms with Crippen molar-refractivity contribution >= 4 is 0 Å². The van der Waals surface area contributed by atoms with Crippen molar-refractivity contribution in [2.75, 3.05) is 45.9 Å². The van der Waals surface area contributed by atoms with E-state index in [1.807, 2.05) is 0 Å². The number of piperazine rings is 1. The Balaban J connectivity index is 1.13. The van der Waals surface area contributed by atoms with Gasteiger partial charge in [-0.15, -0.1) is 0 Å². The van der Waals surface area contributed by atoms with Crippen LogP contribution in [-0.2, 0) is 22.3 Å². The van der Waals surface area contributed by atoms with E-state index in [0.29, 0.717) is 13.2 Å². The molecule has 2 aromatic rings. The minimum atomic E-state index is 0.124. The van der Waals surface area contributed by atoms with E-state index in [2.05, 4.69) is 70.5 Å². The average Bonchev–Trinajstić information content (AvgIpc) is 2.76. The average molecular weight is 381 g/mol. The monoisotopic (exact) mass is 380 g/mol. The van der Waals surface area contributed by atoms with Gasteiger partial charge in [-0.05, 0) is 30.5 Å². The molecule has 2 aliphatic rings. The van der Waals surface area contributed by atoms with E-state index in [1.165, 1.54) is 30.5 Å². The van der Waals surface area contributed by atoms with Crippen molar-refractivity contribution < 1.29 is 9.47 Å². The molecule has 2 saturated heterocycles. The van der Waals surface area contributed by atoms with Crippen LogP contribution < -0.4 is 0 Å². The SMILES string of the molecule is c1ccc(CCCN2CCN(C3COC(Cc4ccccc4)CO3)CC2)cc1. The Hall–Kier alpha value is -1.72. The van der Waals surface area contributed by atoms with Crippen LogP contribution in [0.25, 0.3) is 0 Å². The van der Waals surface area contributed by atoms with Crippen molar-refractivity contribution in [2.24, 2.45) is 0 Å². The third kappa shape index (κ3) is 5.65. The van der Waals surface area contributed by atoms with Gasteiger partial charge in [-0.25, -0.2) is 0 Å². The number of aryl methyl sites for hydroxylation is 1. The summed E-state index contributed by atoms with van der Waals surface area (Å²) in [5.41, 5.74) is 2.76. The smallest absolute Gasteiger partial charge is 0.134 e. The minimum Gasteiger partial charge on any atom is -0.371 e. The third-order valence-corrected chi connectivity index (χ3v) is 5.85. The van der Waals surface area contributed by atoms with Gasteiger partial charge in [0.1, 0.15) is 6.23 Å². The quantitative estimate of drug-likeness (QED) is 0.736. The molecule has 0 N–H and O–H groups in total. The summed E-state index contributed by atoms with van der Waals surface area (Å²) >= 11 is 0. The first-order chi connectivity index (χ1) is 13.9. The topological polar surface area (TPSA) is 24.9 Å². The molecule has 28 heavy (non-hydrogen) atoms. The van der Waals surface area contributed by atoms with E-state index in [0.717, 1.165) is 32.6 Å². The second-order valence-electron chi connectivity index (χ2n) is 7.90. The number of rotatable bonds is 7. The zero-order valence-electron chi connectivity index (χ0n) is 16.7. The maximum Gasteiger partial charge on any atom is 0.134 e. The standard InChI is InChI=1S/C24H32N2O2/c1-3-8-21(9-4-1)12-7-13-25-14-16-26(17-15-25)24-20-27-23(19-28-24)18-22-10-5-2-6-11-22/h1-6,8-11,23-24H,7,12-20H2. The lowest BCUT2D eigenvalue weighted by Gasteiger charge is -2.41. The summed E-state index contributed by atoms with van der Waals surface area (Å²) in [7, 11) is 0. The number of benzene rings is 2. The van der Waals surface area contributed by atoms with Crippen molar-refractivity contribution in [1.82, 2.24) is 9.80 Å². The number of hydrogen-bond donors (Lipinski definition) is 0. The summed E-state index contributed by atoms with van der Waals surface area (Å²) in [5.74, 6) is 0. The summed E-state index contributed by atoms with van der Waals surface area (Å²) in [6, 6.07) is 21.3. The van der Waals surface area contributed by atoms with E-state index >= 15 is 0 Å². The number of ether oxygens (including phenoxy) is 2.